The van der Waals surface area contributed by atoms with Crippen LogP contribution >= 0.6 is 22.6 Å². The van der Waals surface area contributed by atoms with E-state index in [1.54, 1.807) is 19.3 Å². The van der Waals surface area contributed by atoms with Crippen LogP contribution in [0.5, 0.6) is 11.5 Å². The summed E-state index contributed by atoms with van der Waals surface area (Å²) in [5, 5.41) is 0. The predicted octanol–water partition coefficient (Wildman–Crippen LogP) is 4.74. The standard InChI is InChI=1S/C21H20INO4/c1-12(2)26-18-8-5-14(11-19(18)25-4)10-17-21(24)27-20(23-17)15-6-7-16(22)13(3)9-15/h5-12H,1-4H3/b17-10-. The SMILES string of the molecule is COc1cc(/C=C2\N=C(c3ccc(I)c(C)c3)OC2=O)ccc1OC(C)C. The highest BCUT2D eigenvalue weighted by atomic mass is 127. The fourth-order valence-corrected chi connectivity index (χ4v) is 2.93. The molecule has 1 aliphatic heterocycles. The molecule has 0 radical (unpaired) electrons. The number of ether oxygens (including phenoxy) is 3. The Morgan fingerprint density at radius 3 is 2.59 bits per heavy atom. The first-order valence-electron chi connectivity index (χ1n) is 8.51. The largest absolute Gasteiger partial charge is 0.493 e. The van der Waals surface area contributed by atoms with Gasteiger partial charge in [0.25, 0.3) is 0 Å². The lowest BCUT2D eigenvalue weighted by Gasteiger charge is -2.13. The molecule has 140 valence electrons. The fourth-order valence-electron chi connectivity index (χ4n) is 2.59. The van der Waals surface area contributed by atoms with Gasteiger partial charge in [0.15, 0.2) is 17.2 Å². The number of esters is 1. The van der Waals surface area contributed by atoms with Gasteiger partial charge < -0.3 is 14.2 Å². The van der Waals surface area contributed by atoms with Crippen LogP contribution < -0.4 is 9.47 Å². The van der Waals surface area contributed by atoms with E-state index in [1.165, 1.54) is 0 Å². The third-order valence-electron chi connectivity index (χ3n) is 3.88. The Labute approximate surface area is 172 Å². The third-order valence-corrected chi connectivity index (χ3v) is 5.09. The second-order valence-corrected chi connectivity index (χ2v) is 7.54. The van der Waals surface area contributed by atoms with Gasteiger partial charge >= 0.3 is 5.97 Å². The number of aliphatic imine (C=N–C) groups is 1. The lowest BCUT2D eigenvalue weighted by atomic mass is 10.1. The lowest BCUT2D eigenvalue weighted by Crippen LogP contribution is -2.06. The van der Waals surface area contributed by atoms with Gasteiger partial charge in [-0.05, 0) is 90.9 Å². The summed E-state index contributed by atoms with van der Waals surface area (Å²) in [4.78, 5) is 16.6. The van der Waals surface area contributed by atoms with Crippen LogP contribution in [0.1, 0.15) is 30.5 Å². The zero-order valence-corrected chi connectivity index (χ0v) is 17.7. The van der Waals surface area contributed by atoms with Crippen LogP contribution in [-0.4, -0.2) is 25.1 Å². The average Bonchev–Trinajstić information content (AvgIpc) is 2.99. The van der Waals surface area contributed by atoms with Gasteiger partial charge in [-0.1, -0.05) is 6.07 Å². The minimum atomic E-state index is -0.470. The van der Waals surface area contributed by atoms with Gasteiger partial charge in [0.05, 0.1) is 13.2 Å². The smallest absolute Gasteiger partial charge is 0.363 e. The van der Waals surface area contributed by atoms with E-state index in [2.05, 4.69) is 27.6 Å². The monoisotopic (exact) mass is 477 g/mol. The number of rotatable bonds is 5. The Morgan fingerprint density at radius 2 is 1.93 bits per heavy atom. The van der Waals surface area contributed by atoms with E-state index in [0.29, 0.717) is 17.4 Å². The molecule has 0 unspecified atom stereocenters. The van der Waals surface area contributed by atoms with Crippen LogP contribution in [0.2, 0.25) is 0 Å². The molecule has 2 aromatic rings. The molecule has 1 aliphatic rings. The van der Waals surface area contributed by atoms with Crippen LogP contribution in [0, 0.1) is 10.5 Å². The zero-order chi connectivity index (χ0) is 19.6. The minimum absolute atomic E-state index is 0.0393. The minimum Gasteiger partial charge on any atom is -0.493 e. The number of nitrogens with zero attached hydrogens (tertiary/aromatic N) is 1. The van der Waals surface area contributed by atoms with Gasteiger partial charge in [-0.2, -0.15) is 0 Å². The molecule has 2 aromatic carbocycles. The molecule has 0 aliphatic carbocycles. The molecule has 0 saturated heterocycles. The summed E-state index contributed by atoms with van der Waals surface area (Å²) >= 11 is 2.26. The molecule has 0 saturated carbocycles. The van der Waals surface area contributed by atoms with Crippen molar-refractivity contribution in [3.63, 3.8) is 0 Å². The normalized spacial score (nSPS) is 15.1. The Bertz CT molecular complexity index is 947. The molecule has 0 atom stereocenters. The highest BCUT2D eigenvalue weighted by molar-refractivity contribution is 14.1. The molecule has 1 heterocycles. The summed E-state index contributed by atoms with van der Waals surface area (Å²) in [5.74, 6) is 1.10. The zero-order valence-electron chi connectivity index (χ0n) is 15.6. The molecule has 0 aromatic heterocycles. The number of methoxy groups -OCH3 is 1. The van der Waals surface area contributed by atoms with E-state index in [0.717, 1.165) is 20.3 Å². The van der Waals surface area contributed by atoms with Crippen LogP contribution in [0.4, 0.5) is 0 Å². The van der Waals surface area contributed by atoms with Crippen molar-refractivity contribution >= 4 is 40.5 Å². The Kier molecular flexibility index (Phi) is 5.84. The number of halogens is 1. The van der Waals surface area contributed by atoms with E-state index in [9.17, 15) is 4.79 Å². The van der Waals surface area contributed by atoms with Crippen molar-refractivity contribution in [3.05, 3.63) is 62.4 Å². The molecule has 0 amide bonds. The lowest BCUT2D eigenvalue weighted by molar-refractivity contribution is -0.129. The van der Waals surface area contributed by atoms with E-state index in [1.807, 2.05) is 51.1 Å². The van der Waals surface area contributed by atoms with Crippen molar-refractivity contribution < 1.29 is 19.0 Å². The maximum absolute atomic E-state index is 12.2. The van der Waals surface area contributed by atoms with Crippen LogP contribution in [0.25, 0.3) is 6.08 Å². The molecule has 6 heteroatoms. The molecule has 0 spiro atoms. The number of aryl methyl sites for hydroxylation is 1. The Hall–Kier alpha value is -2.35. The second-order valence-electron chi connectivity index (χ2n) is 6.38. The summed E-state index contributed by atoms with van der Waals surface area (Å²) < 4.78 is 17.6. The fraction of sp³-hybridized carbons (Fsp3) is 0.238. The Balaban J connectivity index is 1.91. The maximum Gasteiger partial charge on any atom is 0.363 e. The predicted molar refractivity (Wildman–Crippen MR) is 113 cm³/mol. The molecule has 0 bridgehead atoms. The summed E-state index contributed by atoms with van der Waals surface area (Å²) in [5.41, 5.74) is 2.91. The Morgan fingerprint density at radius 1 is 1.15 bits per heavy atom. The molecule has 5 nitrogen and oxygen atoms in total. The summed E-state index contributed by atoms with van der Waals surface area (Å²) in [6.07, 6.45) is 1.72. The van der Waals surface area contributed by atoms with Crippen molar-refractivity contribution in [2.24, 2.45) is 4.99 Å². The summed E-state index contributed by atoms with van der Waals surface area (Å²) in [6.45, 7) is 5.91. The van der Waals surface area contributed by atoms with Crippen molar-refractivity contribution in [2.45, 2.75) is 26.9 Å². The van der Waals surface area contributed by atoms with Crippen molar-refractivity contribution in [3.8, 4) is 11.5 Å². The molecule has 3 rings (SSSR count). The highest BCUT2D eigenvalue weighted by Gasteiger charge is 2.24. The van der Waals surface area contributed by atoms with Crippen molar-refractivity contribution in [2.75, 3.05) is 7.11 Å². The maximum atomic E-state index is 12.2. The van der Waals surface area contributed by atoms with Gasteiger partial charge in [0.1, 0.15) is 0 Å². The number of carbonyl (C=O) groups excluding carboxylic acids is 1. The number of hydrogen-bond acceptors (Lipinski definition) is 5. The summed E-state index contributed by atoms with van der Waals surface area (Å²) in [7, 11) is 1.58. The van der Waals surface area contributed by atoms with Gasteiger partial charge in [0.2, 0.25) is 5.90 Å². The van der Waals surface area contributed by atoms with E-state index >= 15 is 0 Å². The first kappa shape index (κ1) is 19.4. The topological polar surface area (TPSA) is 57.1 Å². The molecular weight excluding hydrogens is 457 g/mol. The molecule has 0 N–H and O–H groups in total. The number of cyclic esters (lactones) is 1. The van der Waals surface area contributed by atoms with Gasteiger partial charge in [-0.15, -0.1) is 0 Å². The van der Waals surface area contributed by atoms with Gasteiger partial charge in [-0.25, -0.2) is 9.79 Å². The van der Waals surface area contributed by atoms with Crippen LogP contribution in [0.15, 0.2) is 47.1 Å². The highest BCUT2D eigenvalue weighted by Crippen LogP contribution is 2.30. The number of carbonyl (C=O) groups is 1. The van der Waals surface area contributed by atoms with E-state index in [4.69, 9.17) is 14.2 Å². The first-order chi connectivity index (χ1) is 12.9. The number of hydrogen-bond donors (Lipinski definition) is 0. The van der Waals surface area contributed by atoms with E-state index in [-0.39, 0.29) is 11.8 Å². The quantitative estimate of drug-likeness (QED) is 0.355. The number of benzene rings is 2. The van der Waals surface area contributed by atoms with Crippen molar-refractivity contribution in [1.82, 2.24) is 0 Å². The molecule has 27 heavy (non-hydrogen) atoms. The molecule has 0 fully saturated rings. The first-order valence-corrected chi connectivity index (χ1v) is 9.59. The van der Waals surface area contributed by atoms with Crippen molar-refractivity contribution in [1.29, 1.82) is 0 Å². The third kappa shape index (κ3) is 4.50. The average molecular weight is 477 g/mol. The summed E-state index contributed by atoms with van der Waals surface area (Å²) in [6, 6.07) is 11.3. The second kappa shape index (κ2) is 8.12. The van der Waals surface area contributed by atoms with Gasteiger partial charge in [-0.3, -0.25) is 0 Å². The van der Waals surface area contributed by atoms with Crippen LogP contribution in [-0.2, 0) is 9.53 Å². The van der Waals surface area contributed by atoms with Crippen LogP contribution in [0.3, 0.4) is 0 Å². The van der Waals surface area contributed by atoms with Gasteiger partial charge in [0, 0.05) is 9.13 Å². The molecular formula is C21H20INO4. The van der Waals surface area contributed by atoms with E-state index < -0.39 is 5.97 Å².